The smallest absolute Gasteiger partial charge is 0.192 e. The third-order valence-corrected chi connectivity index (χ3v) is 12.5. The van der Waals surface area contributed by atoms with Crippen molar-refractivity contribution < 1.29 is 9.22 Å². The Labute approximate surface area is 143 Å². The number of ketones is 1. The van der Waals surface area contributed by atoms with Crippen molar-refractivity contribution in [3.8, 4) is 0 Å². The van der Waals surface area contributed by atoms with Crippen LogP contribution in [0.5, 0.6) is 0 Å². The van der Waals surface area contributed by atoms with Crippen LogP contribution in [0.15, 0.2) is 0 Å². The minimum absolute atomic E-state index is 0.119. The maximum Gasteiger partial charge on any atom is 0.192 e. The highest BCUT2D eigenvalue weighted by molar-refractivity contribution is 6.74. The van der Waals surface area contributed by atoms with Gasteiger partial charge in [-0.2, -0.15) is 0 Å². The summed E-state index contributed by atoms with van der Waals surface area (Å²) in [5.74, 6) is 1.86. The lowest BCUT2D eigenvalue weighted by Gasteiger charge is -2.58. The number of Topliss-reactive ketones (excluding diaryl/α,β-unsaturated/α-hetero) is 1. The molecule has 0 aliphatic heterocycles. The molecule has 0 amide bonds. The molecule has 2 nitrogen and oxygen atoms in total. The van der Waals surface area contributed by atoms with Gasteiger partial charge in [-0.25, -0.2) is 0 Å². The van der Waals surface area contributed by atoms with Crippen molar-refractivity contribution in [2.24, 2.45) is 28.6 Å². The number of fused-ring (bicyclic) bond motifs is 3. The average Bonchev–Trinajstić information content (AvgIpc) is 2.63. The molecule has 0 aromatic heterocycles. The van der Waals surface area contributed by atoms with Gasteiger partial charge in [-0.15, -0.1) is 0 Å². The molecule has 1 unspecified atom stereocenters. The molecular formula is C20H36O2Si. The molecule has 0 heterocycles. The van der Waals surface area contributed by atoms with Gasteiger partial charge >= 0.3 is 0 Å². The predicted octanol–water partition coefficient (Wildman–Crippen LogP) is 5.43. The Hall–Kier alpha value is -0.153. The third kappa shape index (κ3) is 2.49. The molecule has 3 aliphatic rings. The van der Waals surface area contributed by atoms with Crippen molar-refractivity contribution in [1.29, 1.82) is 0 Å². The van der Waals surface area contributed by atoms with E-state index in [1.54, 1.807) is 0 Å². The molecule has 0 radical (unpaired) electrons. The second-order valence-electron chi connectivity index (χ2n) is 11.0. The maximum absolute atomic E-state index is 12.8. The van der Waals surface area contributed by atoms with E-state index in [9.17, 15) is 4.79 Å². The molecule has 3 fully saturated rings. The topological polar surface area (TPSA) is 26.3 Å². The van der Waals surface area contributed by atoms with E-state index in [2.05, 4.69) is 54.6 Å². The SMILES string of the molecule is CC1(C)CC2C(=O)C[C@@H]3CC[C@]3(C)[C@H]2[C@@H]1O[Si](C)(C)C(C)(C)C. The summed E-state index contributed by atoms with van der Waals surface area (Å²) in [4.78, 5) is 12.8. The fourth-order valence-corrected chi connectivity index (χ4v) is 6.78. The first kappa shape index (κ1) is 17.7. The zero-order valence-electron chi connectivity index (χ0n) is 16.5. The molecule has 0 bridgehead atoms. The van der Waals surface area contributed by atoms with Gasteiger partial charge in [-0.05, 0) is 60.1 Å². The molecule has 3 saturated carbocycles. The summed E-state index contributed by atoms with van der Waals surface area (Å²) in [5, 5.41) is 0.222. The Balaban J connectivity index is 1.96. The molecule has 3 rings (SSSR count). The van der Waals surface area contributed by atoms with E-state index in [0.717, 1.165) is 12.8 Å². The number of hydrogen-bond donors (Lipinski definition) is 0. The van der Waals surface area contributed by atoms with Crippen LogP contribution in [0, 0.1) is 28.6 Å². The number of carbonyl (C=O) groups is 1. The highest BCUT2D eigenvalue weighted by Gasteiger charge is 2.65. The zero-order valence-corrected chi connectivity index (χ0v) is 17.5. The lowest BCUT2D eigenvalue weighted by molar-refractivity contribution is -0.151. The molecule has 0 aromatic carbocycles. The quantitative estimate of drug-likeness (QED) is 0.629. The van der Waals surface area contributed by atoms with E-state index in [1.807, 2.05) is 0 Å². The lowest BCUT2D eigenvalue weighted by atomic mass is 9.47. The van der Waals surface area contributed by atoms with Crippen LogP contribution < -0.4 is 0 Å². The van der Waals surface area contributed by atoms with Crippen LogP contribution in [0.25, 0.3) is 0 Å². The van der Waals surface area contributed by atoms with Gasteiger partial charge in [0, 0.05) is 12.3 Å². The van der Waals surface area contributed by atoms with E-state index >= 15 is 0 Å². The van der Waals surface area contributed by atoms with Gasteiger partial charge < -0.3 is 4.43 Å². The minimum Gasteiger partial charge on any atom is -0.413 e. The van der Waals surface area contributed by atoms with Gasteiger partial charge in [-0.3, -0.25) is 4.79 Å². The highest BCUT2D eigenvalue weighted by atomic mass is 28.4. The molecule has 23 heavy (non-hydrogen) atoms. The largest absolute Gasteiger partial charge is 0.413 e. The van der Waals surface area contributed by atoms with E-state index in [-0.39, 0.29) is 22.5 Å². The summed E-state index contributed by atoms with van der Waals surface area (Å²) < 4.78 is 7.00. The van der Waals surface area contributed by atoms with Gasteiger partial charge in [-0.1, -0.05) is 41.5 Å². The molecule has 132 valence electrons. The van der Waals surface area contributed by atoms with E-state index in [4.69, 9.17) is 4.43 Å². The molecule has 0 saturated heterocycles. The van der Waals surface area contributed by atoms with Crippen LogP contribution in [0.1, 0.15) is 67.2 Å². The first-order valence-electron chi connectivity index (χ1n) is 9.50. The Morgan fingerprint density at radius 1 is 1.17 bits per heavy atom. The first-order chi connectivity index (χ1) is 10.3. The van der Waals surface area contributed by atoms with Crippen molar-refractivity contribution in [3.63, 3.8) is 0 Å². The van der Waals surface area contributed by atoms with E-state index in [1.165, 1.54) is 12.8 Å². The molecule has 5 atom stereocenters. The Morgan fingerprint density at radius 2 is 1.78 bits per heavy atom. The highest BCUT2D eigenvalue weighted by Crippen LogP contribution is 2.66. The lowest BCUT2D eigenvalue weighted by Crippen LogP contribution is -2.58. The molecule has 0 aromatic rings. The third-order valence-electron chi connectivity index (χ3n) is 8.09. The second kappa shape index (κ2) is 4.94. The minimum atomic E-state index is -1.83. The van der Waals surface area contributed by atoms with Crippen LogP contribution in [-0.2, 0) is 9.22 Å². The zero-order chi connectivity index (χ0) is 17.4. The van der Waals surface area contributed by atoms with Crippen LogP contribution in [-0.4, -0.2) is 20.2 Å². The van der Waals surface area contributed by atoms with Gasteiger partial charge in [0.1, 0.15) is 5.78 Å². The fourth-order valence-electron chi connectivity index (χ4n) is 5.33. The standard InChI is InChI=1S/C20H36O2Si/c1-18(2,3)23(7,8)22-17-16-14(12-19(17,4)5)15(21)11-13-9-10-20(13,16)6/h13-14,16-17H,9-12H2,1-8H3/t13-,14?,16+,17-,20-/m0/s1. The Morgan fingerprint density at radius 3 is 2.26 bits per heavy atom. The van der Waals surface area contributed by atoms with Gasteiger partial charge in [0.15, 0.2) is 8.32 Å². The summed E-state index contributed by atoms with van der Waals surface area (Å²) in [6.45, 7) is 18.8. The van der Waals surface area contributed by atoms with Crippen LogP contribution in [0.2, 0.25) is 18.1 Å². The summed E-state index contributed by atoms with van der Waals surface area (Å²) in [6, 6.07) is 0. The second-order valence-corrected chi connectivity index (χ2v) is 15.8. The number of hydrogen-bond acceptors (Lipinski definition) is 2. The summed E-state index contributed by atoms with van der Waals surface area (Å²) in [7, 11) is -1.83. The monoisotopic (exact) mass is 336 g/mol. The Kier molecular flexibility index (Phi) is 3.79. The number of rotatable bonds is 2. The summed E-state index contributed by atoms with van der Waals surface area (Å²) in [5.41, 5.74) is 0.466. The molecule has 0 N–H and O–H groups in total. The van der Waals surface area contributed by atoms with Crippen molar-refractivity contribution in [2.45, 2.75) is 91.5 Å². The van der Waals surface area contributed by atoms with Gasteiger partial charge in [0.25, 0.3) is 0 Å². The summed E-state index contributed by atoms with van der Waals surface area (Å²) >= 11 is 0. The van der Waals surface area contributed by atoms with Crippen LogP contribution in [0.3, 0.4) is 0 Å². The molecular weight excluding hydrogens is 300 g/mol. The van der Waals surface area contributed by atoms with Crippen molar-refractivity contribution in [1.82, 2.24) is 0 Å². The predicted molar refractivity (Wildman–Crippen MR) is 97.9 cm³/mol. The van der Waals surface area contributed by atoms with E-state index in [0.29, 0.717) is 23.0 Å². The fraction of sp³-hybridized carbons (Fsp3) is 0.950. The normalized spacial score (nSPS) is 42.9. The van der Waals surface area contributed by atoms with Crippen LogP contribution in [0.4, 0.5) is 0 Å². The number of carbonyl (C=O) groups excluding carboxylic acids is 1. The Bertz CT molecular complexity index is 516. The van der Waals surface area contributed by atoms with Crippen molar-refractivity contribution in [2.75, 3.05) is 0 Å². The van der Waals surface area contributed by atoms with Crippen molar-refractivity contribution >= 4 is 14.1 Å². The molecule has 3 aliphatic carbocycles. The van der Waals surface area contributed by atoms with Crippen molar-refractivity contribution in [3.05, 3.63) is 0 Å². The van der Waals surface area contributed by atoms with Crippen LogP contribution >= 0.6 is 0 Å². The first-order valence-corrected chi connectivity index (χ1v) is 12.4. The molecule has 0 spiro atoms. The molecule has 3 heteroatoms. The average molecular weight is 337 g/mol. The van der Waals surface area contributed by atoms with Gasteiger partial charge in [0.05, 0.1) is 6.10 Å². The van der Waals surface area contributed by atoms with Gasteiger partial charge in [0.2, 0.25) is 0 Å². The maximum atomic E-state index is 12.8. The summed E-state index contributed by atoms with van der Waals surface area (Å²) in [6.07, 6.45) is 4.65. The van der Waals surface area contributed by atoms with E-state index < -0.39 is 8.32 Å².